The van der Waals surface area contributed by atoms with Crippen molar-refractivity contribution in [2.75, 3.05) is 31.1 Å². The van der Waals surface area contributed by atoms with Crippen LogP contribution in [0.5, 0.6) is 0 Å². The Morgan fingerprint density at radius 1 is 0.886 bits per heavy atom. The van der Waals surface area contributed by atoms with Crippen LogP contribution in [-0.2, 0) is 0 Å². The molecular weight excluding hydrogens is 467 g/mol. The van der Waals surface area contributed by atoms with Crippen molar-refractivity contribution in [3.05, 3.63) is 89.2 Å². The summed E-state index contributed by atoms with van der Waals surface area (Å²) in [7, 11) is 0. The van der Waals surface area contributed by atoms with Crippen LogP contribution in [0.25, 0.3) is 27.9 Å². The molecule has 1 amide bonds. The lowest BCUT2D eigenvalue weighted by Crippen LogP contribution is -2.49. The molecule has 5 aromatic rings. The second kappa shape index (κ2) is 8.63. The van der Waals surface area contributed by atoms with E-state index in [1.54, 1.807) is 17.0 Å². The average Bonchev–Trinajstić information content (AvgIpc) is 3.34. The van der Waals surface area contributed by atoms with Crippen LogP contribution in [-0.4, -0.2) is 56.6 Å². The Hall–Kier alpha value is -4.04. The summed E-state index contributed by atoms with van der Waals surface area (Å²) in [5, 5.41) is 10.6. The number of aromatic nitrogens is 4. The van der Waals surface area contributed by atoms with Crippen LogP contribution >= 0.6 is 11.6 Å². The molecule has 6 rings (SSSR count). The highest BCUT2D eigenvalue weighted by molar-refractivity contribution is 6.30. The van der Waals surface area contributed by atoms with Crippen LogP contribution in [0.2, 0.25) is 5.02 Å². The SMILES string of the molecule is O=C(c1cccc(F)c1)N1CCN(c2nc3ccccc3c3nnc(-c4ccc(Cl)cc4)n23)CC1. The number of para-hydroxylation sites is 1. The van der Waals surface area contributed by atoms with E-state index in [1.165, 1.54) is 12.1 Å². The van der Waals surface area contributed by atoms with Crippen molar-refractivity contribution in [2.45, 2.75) is 0 Å². The Bertz CT molecular complexity index is 1560. The zero-order valence-electron chi connectivity index (χ0n) is 18.6. The molecule has 9 heteroatoms. The first-order chi connectivity index (χ1) is 17.1. The van der Waals surface area contributed by atoms with Gasteiger partial charge in [-0.2, -0.15) is 0 Å². The highest BCUT2D eigenvalue weighted by Gasteiger charge is 2.26. The van der Waals surface area contributed by atoms with Gasteiger partial charge in [-0.3, -0.25) is 4.79 Å². The van der Waals surface area contributed by atoms with Gasteiger partial charge < -0.3 is 9.80 Å². The van der Waals surface area contributed by atoms with Crippen molar-refractivity contribution in [3.63, 3.8) is 0 Å². The van der Waals surface area contributed by atoms with Crippen LogP contribution in [0.1, 0.15) is 10.4 Å². The highest BCUT2D eigenvalue weighted by atomic mass is 35.5. The first-order valence-corrected chi connectivity index (χ1v) is 11.7. The minimum Gasteiger partial charge on any atom is -0.338 e. The van der Waals surface area contributed by atoms with Gasteiger partial charge in [0, 0.05) is 47.7 Å². The quantitative estimate of drug-likeness (QED) is 0.370. The Balaban J connectivity index is 1.38. The van der Waals surface area contributed by atoms with Crippen LogP contribution in [0.3, 0.4) is 0 Å². The van der Waals surface area contributed by atoms with E-state index in [2.05, 4.69) is 15.1 Å². The molecule has 1 aliphatic heterocycles. The maximum absolute atomic E-state index is 13.6. The van der Waals surface area contributed by atoms with Gasteiger partial charge in [-0.05, 0) is 54.6 Å². The molecule has 0 spiro atoms. The lowest BCUT2D eigenvalue weighted by Gasteiger charge is -2.35. The molecule has 1 fully saturated rings. The van der Waals surface area contributed by atoms with Gasteiger partial charge in [-0.1, -0.05) is 29.8 Å². The standard InChI is InChI=1S/C26H20ClFN6O/c27-19-10-8-17(9-11-19)23-30-31-24-21-6-1-2-7-22(21)29-26(34(23)24)33-14-12-32(13-15-33)25(35)18-4-3-5-20(28)16-18/h1-11,16H,12-15H2. The first-order valence-electron chi connectivity index (χ1n) is 11.3. The topological polar surface area (TPSA) is 66.6 Å². The first kappa shape index (κ1) is 21.5. The predicted molar refractivity (Wildman–Crippen MR) is 133 cm³/mol. The Kier molecular flexibility index (Phi) is 5.30. The lowest BCUT2D eigenvalue weighted by atomic mass is 10.1. The second-order valence-electron chi connectivity index (χ2n) is 8.41. The zero-order chi connectivity index (χ0) is 23.9. The van der Waals surface area contributed by atoms with E-state index in [4.69, 9.17) is 16.6 Å². The van der Waals surface area contributed by atoms with Gasteiger partial charge in [0.15, 0.2) is 11.5 Å². The number of benzene rings is 3. The molecule has 0 N–H and O–H groups in total. The summed E-state index contributed by atoms with van der Waals surface area (Å²) in [6.45, 7) is 2.12. The number of hydrogen-bond acceptors (Lipinski definition) is 5. The molecule has 0 radical (unpaired) electrons. The largest absolute Gasteiger partial charge is 0.338 e. The van der Waals surface area contributed by atoms with E-state index >= 15 is 0 Å². The monoisotopic (exact) mass is 486 g/mol. The number of carbonyl (C=O) groups is 1. The summed E-state index contributed by atoms with van der Waals surface area (Å²) in [4.78, 5) is 21.8. The van der Waals surface area contributed by atoms with Gasteiger partial charge in [0.05, 0.1) is 5.52 Å². The number of amides is 1. The molecule has 0 saturated carbocycles. The predicted octanol–water partition coefficient (Wildman–Crippen LogP) is 4.70. The third kappa shape index (κ3) is 3.85. The number of rotatable bonds is 3. The van der Waals surface area contributed by atoms with Gasteiger partial charge in [0.1, 0.15) is 5.82 Å². The van der Waals surface area contributed by atoms with E-state index in [-0.39, 0.29) is 5.91 Å². The Morgan fingerprint density at radius 2 is 1.66 bits per heavy atom. The molecule has 0 bridgehead atoms. The summed E-state index contributed by atoms with van der Waals surface area (Å²) in [5.74, 6) is 0.793. The van der Waals surface area contributed by atoms with Crippen molar-refractivity contribution in [1.29, 1.82) is 0 Å². The van der Waals surface area contributed by atoms with Gasteiger partial charge >= 0.3 is 0 Å². The molecular formula is C26H20ClFN6O. The molecule has 1 saturated heterocycles. The van der Waals surface area contributed by atoms with E-state index in [9.17, 15) is 9.18 Å². The molecule has 7 nitrogen and oxygen atoms in total. The fourth-order valence-electron chi connectivity index (χ4n) is 4.48. The number of hydrogen-bond donors (Lipinski definition) is 0. The van der Waals surface area contributed by atoms with Gasteiger partial charge in [0.25, 0.3) is 5.91 Å². The van der Waals surface area contributed by atoms with Gasteiger partial charge in [0.2, 0.25) is 5.95 Å². The Labute approximate surface area is 205 Å². The van der Waals surface area contributed by atoms with Crippen LogP contribution in [0, 0.1) is 5.82 Å². The third-order valence-electron chi connectivity index (χ3n) is 6.25. The maximum Gasteiger partial charge on any atom is 0.254 e. The molecule has 3 aromatic carbocycles. The van der Waals surface area contributed by atoms with Crippen molar-refractivity contribution >= 4 is 40.0 Å². The van der Waals surface area contributed by atoms with Crippen molar-refractivity contribution in [3.8, 4) is 11.4 Å². The number of anilines is 1. The molecule has 0 aliphatic carbocycles. The van der Waals surface area contributed by atoms with E-state index in [0.29, 0.717) is 54.2 Å². The summed E-state index contributed by atoms with van der Waals surface area (Å²) in [6, 6.07) is 21.1. The number of fused-ring (bicyclic) bond motifs is 3. The molecule has 174 valence electrons. The van der Waals surface area contributed by atoms with Crippen LogP contribution in [0.15, 0.2) is 72.8 Å². The van der Waals surface area contributed by atoms with E-state index in [1.807, 2.05) is 52.9 Å². The molecule has 35 heavy (non-hydrogen) atoms. The number of nitrogens with zero attached hydrogens (tertiary/aromatic N) is 6. The fraction of sp³-hybridized carbons (Fsp3) is 0.154. The lowest BCUT2D eigenvalue weighted by molar-refractivity contribution is 0.0745. The van der Waals surface area contributed by atoms with E-state index in [0.717, 1.165) is 16.5 Å². The molecule has 3 heterocycles. The zero-order valence-corrected chi connectivity index (χ0v) is 19.4. The molecule has 0 unspecified atom stereocenters. The highest BCUT2D eigenvalue weighted by Crippen LogP contribution is 2.29. The second-order valence-corrected chi connectivity index (χ2v) is 8.84. The molecule has 1 aliphatic rings. The number of carbonyl (C=O) groups excluding carboxylic acids is 1. The minimum atomic E-state index is -0.417. The Morgan fingerprint density at radius 3 is 2.43 bits per heavy atom. The summed E-state index contributed by atoms with van der Waals surface area (Å²) in [5.41, 5.74) is 2.77. The smallest absolute Gasteiger partial charge is 0.254 e. The van der Waals surface area contributed by atoms with Gasteiger partial charge in [-0.15, -0.1) is 10.2 Å². The molecule has 0 atom stereocenters. The minimum absolute atomic E-state index is 0.174. The third-order valence-corrected chi connectivity index (χ3v) is 6.50. The van der Waals surface area contributed by atoms with Crippen LogP contribution in [0.4, 0.5) is 10.3 Å². The fourth-order valence-corrected chi connectivity index (χ4v) is 4.60. The number of halogens is 2. The maximum atomic E-state index is 13.6. The normalized spacial score (nSPS) is 14.1. The summed E-state index contributed by atoms with van der Waals surface area (Å²) < 4.78 is 15.6. The summed E-state index contributed by atoms with van der Waals surface area (Å²) in [6.07, 6.45) is 0. The van der Waals surface area contributed by atoms with Crippen molar-refractivity contribution < 1.29 is 9.18 Å². The van der Waals surface area contributed by atoms with Crippen molar-refractivity contribution in [1.82, 2.24) is 24.5 Å². The van der Waals surface area contributed by atoms with E-state index < -0.39 is 5.82 Å². The molecule has 2 aromatic heterocycles. The van der Waals surface area contributed by atoms with Gasteiger partial charge in [-0.25, -0.2) is 13.8 Å². The van der Waals surface area contributed by atoms with Crippen molar-refractivity contribution in [2.24, 2.45) is 0 Å². The average molecular weight is 487 g/mol. The number of piperazine rings is 1. The van der Waals surface area contributed by atoms with Crippen LogP contribution < -0.4 is 4.90 Å². The summed E-state index contributed by atoms with van der Waals surface area (Å²) >= 11 is 6.10.